The van der Waals surface area contributed by atoms with Crippen LogP contribution < -0.4 is 5.56 Å². The van der Waals surface area contributed by atoms with Crippen molar-refractivity contribution in [3.05, 3.63) is 34.2 Å². The molecule has 0 saturated carbocycles. The lowest BCUT2D eigenvalue weighted by Crippen LogP contribution is -2.36. The van der Waals surface area contributed by atoms with Crippen LogP contribution in [0.5, 0.6) is 0 Å². The summed E-state index contributed by atoms with van der Waals surface area (Å²) < 4.78 is 6.04. The second-order valence-electron chi connectivity index (χ2n) is 4.17. The van der Waals surface area contributed by atoms with E-state index in [1.807, 2.05) is 0 Å². The van der Waals surface area contributed by atoms with E-state index < -0.39 is 48.2 Å². The van der Waals surface area contributed by atoms with Crippen molar-refractivity contribution >= 4 is 5.97 Å². The largest absolute Gasteiger partial charge is 0.477 e. The van der Waals surface area contributed by atoms with Crippen LogP contribution in [0.4, 0.5) is 0 Å². The third-order valence-corrected chi connectivity index (χ3v) is 3.00. The number of aromatic nitrogens is 1. The Morgan fingerprint density at radius 3 is 2.58 bits per heavy atom. The molecule has 104 valence electrons. The van der Waals surface area contributed by atoms with Crippen molar-refractivity contribution in [3.8, 4) is 0 Å². The van der Waals surface area contributed by atoms with Gasteiger partial charge in [0.2, 0.25) is 0 Å². The summed E-state index contributed by atoms with van der Waals surface area (Å²) >= 11 is 0. The van der Waals surface area contributed by atoms with Gasteiger partial charge < -0.3 is 25.2 Å². The second-order valence-corrected chi connectivity index (χ2v) is 4.17. The number of carbonyl (C=O) groups is 1. The van der Waals surface area contributed by atoms with Gasteiger partial charge in [-0.3, -0.25) is 9.36 Å². The van der Waals surface area contributed by atoms with Crippen molar-refractivity contribution < 1.29 is 30.0 Å². The zero-order chi connectivity index (χ0) is 14.2. The molecule has 8 nitrogen and oxygen atoms in total. The topological polar surface area (TPSA) is 129 Å². The number of carboxylic acids is 1. The number of rotatable bonds is 3. The van der Waals surface area contributed by atoms with E-state index in [0.717, 1.165) is 10.6 Å². The van der Waals surface area contributed by atoms with Crippen LogP contribution in [0.25, 0.3) is 0 Å². The minimum Gasteiger partial charge on any atom is -0.477 e. The molecule has 0 aromatic carbocycles. The third-order valence-electron chi connectivity index (χ3n) is 3.00. The first-order valence-corrected chi connectivity index (χ1v) is 5.54. The number of nitrogens with zero attached hydrogens (tertiary/aromatic N) is 1. The van der Waals surface area contributed by atoms with Crippen molar-refractivity contribution in [1.29, 1.82) is 0 Å². The van der Waals surface area contributed by atoms with Crippen LogP contribution in [-0.2, 0) is 4.74 Å². The normalized spacial score (nSPS) is 30.5. The predicted octanol–water partition coefficient (Wildman–Crippen LogP) is -1.84. The van der Waals surface area contributed by atoms with Gasteiger partial charge >= 0.3 is 5.97 Å². The number of aromatic carboxylic acids is 1. The molecule has 0 spiro atoms. The molecule has 0 amide bonds. The number of hydrogen-bond acceptors (Lipinski definition) is 6. The molecular formula is C11H13NO7. The molecule has 1 aliphatic heterocycles. The van der Waals surface area contributed by atoms with E-state index >= 15 is 0 Å². The Balaban J connectivity index is 2.41. The monoisotopic (exact) mass is 271 g/mol. The predicted molar refractivity (Wildman–Crippen MR) is 60.7 cm³/mol. The lowest BCUT2D eigenvalue weighted by Gasteiger charge is -2.17. The molecule has 2 rings (SSSR count). The average Bonchev–Trinajstić information content (AvgIpc) is 2.66. The molecule has 1 aromatic heterocycles. The SMILES string of the molecule is O=C(O)c1cccn(C2O[C@H](CO)[C@@H](O)[C@H]2O)c1=O. The van der Waals surface area contributed by atoms with E-state index in [2.05, 4.69) is 0 Å². The minimum atomic E-state index is -1.43. The average molecular weight is 271 g/mol. The lowest BCUT2D eigenvalue weighted by atomic mass is 10.1. The maximum Gasteiger partial charge on any atom is 0.341 e. The lowest BCUT2D eigenvalue weighted by molar-refractivity contribution is -0.0545. The first-order valence-electron chi connectivity index (χ1n) is 5.54. The molecule has 4 N–H and O–H groups in total. The number of pyridine rings is 1. The van der Waals surface area contributed by atoms with E-state index in [9.17, 15) is 19.8 Å². The third kappa shape index (κ3) is 2.26. The highest BCUT2D eigenvalue weighted by Gasteiger charge is 2.43. The van der Waals surface area contributed by atoms with Gasteiger partial charge in [-0.25, -0.2) is 4.79 Å². The summed E-state index contributed by atoms with van der Waals surface area (Å²) in [4.78, 5) is 22.7. The molecule has 8 heteroatoms. The summed E-state index contributed by atoms with van der Waals surface area (Å²) in [6.45, 7) is -0.526. The molecule has 1 saturated heterocycles. The van der Waals surface area contributed by atoms with Gasteiger partial charge in [-0.05, 0) is 12.1 Å². The van der Waals surface area contributed by atoms with Crippen molar-refractivity contribution in [3.63, 3.8) is 0 Å². The van der Waals surface area contributed by atoms with Gasteiger partial charge in [-0.2, -0.15) is 0 Å². The highest BCUT2D eigenvalue weighted by molar-refractivity contribution is 5.86. The first-order chi connectivity index (χ1) is 8.97. The Kier molecular flexibility index (Phi) is 3.67. The molecule has 2 heterocycles. The van der Waals surface area contributed by atoms with Crippen LogP contribution in [0.3, 0.4) is 0 Å². The number of aliphatic hydroxyl groups excluding tert-OH is 3. The van der Waals surface area contributed by atoms with Gasteiger partial charge in [0, 0.05) is 6.20 Å². The molecule has 4 atom stereocenters. The minimum absolute atomic E-state index is 0.472. The van der Waals surface area contributed by atoms with Crippen molar-refractivity contribution in [2.45, 2.75) is 24.5 Å². The second kappa shape index (κ2) is 5.10. The Morgan fingerprint density at radius 2 is 2.05 bits per heavy atom. The Labute approximate surface area is 107 Å². The van der Waals surface area contributed by atoms with Crippen molar-refractivity contribution in [1.82, 2.24) is 4.57 Å². The summed E-state index contributed by atoms with van der Waals surface area (Å²) in [7, 11) is 0. The van der Waals surface area contributed by atoms with Gasteiger partial charge in [0.1, 0.15) is 23.9 Å². The highest BCUT2D eigenvalue weighted by atomic mass is 16.6. The summed E-state index contributed by atoms with van der Waals surface area (Å²) in [5.41, 5.74) is -1.33. The fraction of sp³-hybridized carbons (Fsp3) is 0.455. The van der Waals surface area contributed by atoms with Crippen LogP contribution in [0.15, 0.2) is 23.1 Å². The summed E-state index contributed by atoms with van der Waals surface area (Å²) in [5.74, 6) is -1.40. The molecule has 1 aliphatic rings. The van der Waals surface area contributed by atoms with Crippen molar-refractivity contribution in [2.24, 2.45) is 0 Å². The van der Waals surface area contributed by atoms with Crippen LogP contribution in [0.2, 0.25) is 0 Å². The Morgan fingerprint density at radius 1 is 1.37 bits per heavy atom. The number of carboxylic acid groups (broad SMARTS) is 1. The van der Waals surface area contributed by atoms with E-state index in [0.29, 0.717) is 0 Å². The quantitative estimate of drug-likeness (QED) is 0.508. The van der Waals surface area contributed by atoms with Gasteiger partial charge in [0.25, 0.3) is 5.56 Å². The van der Waals surface area contributed by atoms with Crippen LogP contribution in [0, 0.1) is 0 Å². The van der Waals surface area contributed by atoms with Crippen molar-refractivity contribution in [2.75, 3.05) is 6.61 Å². The fourth-order valence-electron chi connectivity index (χ4n) is 1.98. The maximum atomic E-state index is 11.9. The smallest absolute Gasteiger partial charge is 0.341 e. The van der Waals surface area contributed by atoms with Gasteiger partial charge in [-0.1, -0.05) is 0 Å². The fourth-order valence-corrected chi connectivity index (χ4v) is 1.98. The standard InChI is InChI=1S/C11H13NO7/c13-4-6-7(14)8(15)10(19-6)12-3-1-2-5(9(12)16)11(17)18/h1-3,6-8,10,13-15H,4H2,(H,17,18)/t6-,7-,8-,10?/m1/s1. The molecule has 0 aliphatic carbocycles. The number of aliphatic hydroxyl groups is 3. The molecular weight excluding hydrogens is 258 g/mol. The van der Waals surface area contributed by atoms with Gasteiger partial charge in [0.05, 0.1) is 6.61 Å². The molecule has 1 fully saturated rings. The molecule has 19 heavy (non-hydrogen) atoms. The first kappa shape index (κ1) is 13.7. The van der Waals surface area contributed by atoms with E-state index in [-0.39, 0.29) is 0 Å². The molecule has 1 aromatic rings. The summed E-state index contributed by atoms with van der Waals surface area (Å²) in [6.07, 6.45) is -3.80. The Hall–Kier alpha value is -1.74. The maximum absolute atomic E-state index is 11.9. The van der Waals surface area contributed by atoms with E-state index in [1.165, 1.54) is 12.3 Å². The molecule has 0 bridgehead atoms. The Bertz CT molecular complexity index is 540. The van der Waals surface area contributed by atoms with Crippen LogP contribution >= 0.6 is 0 Å². The highest BCUT2D eigenvalue weighted by Crippen LogP contribution is 2.28. The summed E-state index contributed by atoms with van der Waals surface area (Å²) in [5, 5.41) is 37.2. The number of hydrogen-bond donors (Lipinski definition) is 4. The van der Waals surface area contributed by atoms with Gasteiger partial charge in [-0.15, -0.1) is 0 Å². The zero-order valence-electron chi connectivity index (χ0n) is 9.71. The number of ether oxygens (including phenoxy) is 1. The van der Waals surface area contributed by atoms with E-state index in [1.54, 1.807) is 0 Å². The zero-order valence-corrected chi connectivity index (χ0v) is 9.71. The molecule has 1 unspecified atom stereocenters. The van der Waals surface area contributed by atoms with Gasteiger partial charge in [0.15, 0.2) is 6.23 Å². The van der Waals surface area contributed by atoms with Crippen LogP contribution in [0.1, 0.15) is 16.6 Å². The molecule has 0 radical (unpaired) electrons. The summed E-state index contributed by atoms with van der Waals surface area (Å²) in [6, 6.07) is 2.45. The van der Waals surface area contributed by atoms with Crippen LogP contribution in [-0.4, -0.2) is 55.9 Å². The van der Waals surface area contributed by atoms with E-state index in [4.69, 9.17) is 14.9 Å².